The molecule has 0 saturated carbocycles. The Hall–Kier alpha value is -2.00. The predicted molar refractivity (Wildman–Crippen MR) is 80.8 cm³/mol. The van der Waals surface area contributed by atoms with Crippen LogP contribution in [0.25, 0.3) is 0 Å². The second-order valence-electron chi connectivity index (χ2n) is 5.23. The summed E-state index contributed by atoms with van der Waals surface area (Å²) in [5.74, 6) is 0.852. The average molecular weight is 322 g/mol. The first-order valence-corrected chi connectivity index (χ1v) is 8.50. The summed E-state index contributed by atoms with van der Waals surface area (Å²) in [6.45, 7) is 0.975. The molecule has 1 aliphatic heterocycles. The molecule has 118 valence electrons. The van der Waals surface area contributed by atoms with Gasteiger partial charge in [-0.3, -0.25) is 0 Å². The van der Waals surface area contributed by atoms with E-state index in [0.717, 1.165) is 18.7 Å². The van der Waals surface area contributed by atoms with Crippen LogP contribution in [0.3, 0.4) is 0 Å². The SMILES string of the molecule is CN(c1ccncn1)C1CCN(S(=O)(=O)c2cnc[nH]2)CC1. The lowest BCUT2D eigenvalue weighted by atomic mass is 10.1. The van der Waals surface area contributed by atoms with Crippen LogP contribution in [0.4, 0.5) is 5.82 Å². The van der Waals surface area contributed by atoms with Gasteiger partial charge in [0.15, 0.2) is 5.03 Å². The molecule has 1 N–H and O–H groups in total. The highest BCUT2D eigenvalue weighted by Gasteiger charge is 2.31. The number of hydrogen-bond acceptors (Lipinski definition) is 6. The summed E-state index contributed by atoms with van der Waals surface area (Å²) in [5.41, 5.74) is 0. The number of hydrogen-bond donors (Lipinski definition) is 1. The minimum atomic E-state index is -3.46. The van der Waals surface area contributed by atoms with E-state index >= 15 is 0 Å². The van der Waals surface area contributed by atoms with Gasteiger partial charge in [-0.25, -0.2) is 23.4 Å². The fraction of sp³-hybridized carbons (Fsp3) is 0.462. The Kier molecular flexibility index (Phi) is 4.08. The van der Waals surface area contributed by atoms with Gasteiger partial charge in [0.05, 0.1) is 12.5 Å². The van der Waals surface area contributed by atoms with Crippen LogP contribution in [0, 0.1) is 0 Å². The maximum absolute atomic E-state index is 12.4. The molecule has 1 saturated heterocycles. The standard InChI is InChI=1S/C13H18N6O2S/c1-18(12-2-5-14-9-16-12)11-3-6-19(7-4-11)22(20,21)13-8-15-10-17-13/h2,5,8-11H,3-4,6-7H2,1H3,(H,15,17). The Morgan fingerprint density at radius 2 is 2.09 bits per heavy atom. The highest BCUT2D eigenvalue weighted by atomic mass is 32.2. The van der Waals surface area contributed by atoms with E-state index in [0.29, 0.717) is 13.1 Å². The molecule has 0 unspecified atom stereocenters. The first kappa shape index (κ1) is 14.9. The van der Waals surface area contributed by atoms with Gasteiger partial charge in [0, 0.05) is 32.4 Å². The van der Waals surface area contributed by atoms with Crippen molar-refractivity contribution < 1.29 is 8.42 Å². The molecule has 0 spiro atoms. The second kappa shape index (κ2) is 6.01. The zero-order chi connectivity index (χ0) is 15.6. The predicted octanol–water partition coefficient (Wildman–Crippen LogP) is 0.489. The minimum Gasteiger partial charge on any atom is -0.356 e. The molecule has 2 aromatic heterocycles. The van der Waals surface area contributed by atoms with Crippen molar-refractivity contribution in [3.63, 3.8) is 0 Å². The largest absolute Gasteiger partial charge is 0.356 e. The van der Waals surface area contributed by atoms with Gasteiger partial charge < -0.3 is 9.88 Å². The Balaban J connectivity index is 1.66. The molecule has 2 aromatic rings. The summed E-state index contributed by atoms with van der Waals surface area (Å²) in [6, 6.07) is 2.12. The maximum atomic E-state index is 12.4. The zero-order valence-electron chi connectivity index (χ0n) is 12.3. The third kappa shape index (κ3) is 2.81. The number of sulfonamides is 1. The summed E-state index contributed by atoms with van der Waals surface area (Å²) in [4.78, 5) is 16.7. The topological polar surface area (TPSA) is 95.1 Å². The van der Waals surface area contributed by atoms with Gasteiger partial charge in [-0.2, -0.15) is 4.31 Å². The van der Waals surface area contributed by atoms with E-state index in [4.69, 9.17) is 0 Å². The number of imidazole rings is 1. The second-order valence-corrected chi connectivity index (χ2v) is 7.14. The Morgan fingerprint density at radius 1 is 1.32 bits per heavy atom. The number of aromatic nitrogens is 4. The number of rotatable bonds is 4. The number of aromatic amines is 1. The maximum Gasteiger partial charge on any atom is 0.260 e. The molecule has 1 aliphatic rings. The van der Waals surface area contributed by atoms with Crippen molar-refractivity contribution in [3.8, 4) is 0 Å². The molecule has 3 rings (SSSR count). The van der Waals surface area contributed by atoms with E-state index in [-0.39, 0.29) is 11.1 Å². The number of nitrogens with one attached hydrogen (secondary N) is 1. The molecule has 8 nitrogen and oxygen atoms in total. The monoisotopic (exact) mass is 322 g/mol. The zero-order valence-corrected chi connectivity index (χ0v) is 13.1. The summed E-state index contributed by atoms with van der Waals surface area (Å²) in [7, 11) is -1.48. The first-order chi connectivity index (χ1) is 10.6. The van der Waals surface area contributed by atoms with Gasteiger partial charge in [-0.05, 0) is 18.9 Å². The fourth-order valence-corrected chi connectivity index (χ4v) is 4.04. The number of nitrogens with zero attached hydrogens (tertiary/aromatic N) is 5. The average Bonchev–Trinajstić information content (AvgIpc) is 3.10. The third-order valence-electron chi connectivity index (χ3n) is 3.99. The van der Waals surface area contributed by atoms with Crippen LogP contribution >= 0.6 is 0 Å². The van der Waals surface area contributed by atoms with Crippen LogP contribution in [0.2, 0.25) is 0 Å². The molecule has 22 heavy (non-hydrogen) atoms. The van der Waals surface area contributed by atoms with E-state index in [2.05, 4.69) is 24.8 Å². The normalized spacial score (nSPS) is 17.5. The number of anilines is 1. The number of piperidine rings is 1. The van der Waals surface area contributed by atoms with Gasteiger partial charge in [-0.1, -0.05) is 0 Å². The molecular formula is C13H18N6O2S. The van der Waals surface area contributed by atoms with Gasteiger partial charge in [-0.15, -0.1) is 0 Å². The van der Waals surface area contributed by atoms with E-state index in [1.54, 1.807) is 6.20 Å². The molecule has 0 atom stereocenters. The van der Waals surface area contributed by atoms with E-state index < -0.39 is 10.0 Å². The van der Waals surface area contributed by atoms with Crippen molar-refractivity contribution in [1.82, 2.24) is 24.2 Å². The van der Waals surface area contributed by atoms with Crippen molar-refractivity contribution in [2.24, 2.45) is 0 Å². The van der Waals surface area contributed by atoms with E-state index in [1.165, 1.54) is 23.2 Å². The Morgan fingerprint density at radius 3 is 2.68 bits per heavy atom. The van der Waals surface area contributed by atoms with Gasteiger partial charge in [0.1, 0.15) is 12.1 Å². The summed E-state index contributed by atoms with van der Waals surface area (Å²) in [6.07, 6.45) is 7.46. The van der Waals surface area contributed by atoms with Gasteiger partial charge in [0.2, 0.25) is 0 Å². The fourth-order valence-electron chi connectivity index (χ4n) is 2.67. The minimum absolute atomic E-state index is 0.148. The highest BCUT2D eigenvalue weighted by molar-refractivity contribution is 7.89. The van der Waals surface area contributed by atoms with Crippen molar-refractivity contribution in [3.05, 3.63) is 31.1 Å². The lowest BCUT2D eigenvalue weighted by molar-refractivity contribution is 0.313. The van der Waals surface area contributed by atoms with Crippen molar-refractivity contribution >= 4 is 15.8 Å². The summed E-state index contributed by atoms with van der Waals surface area (Å²) >= 11 is 0. The molecule has 0 radical (unpaired) electrons. The van der Waals surface area contributed by atoms with Crippen LogP contribution in [-0.2, 0) is 10.0 Å². The van der Waals surface area contributed by atoms with Crippen LogP contribution in [0.15, 0.2) is 36.1 Å². The van der Waals surface area contributed by atoms with Gasteiger partial charge in [0.25, 0.3) is 10.0 Å². The van der Waals surface area contributed by atoms with E-state index in [1.807, 2.05) is 13.1 Å². The Labute approximate surface area is 129 Å². The number of H-pyrrole nitrogens is 1. The molecule has 0 aliphatic carbocycles. The van der Waals surface area contributed by atoms with Crippen molar-refractivity contribution in [2.45, 2.75) is 23.9 Å². The van der Waals surface area contributed by atoms with E-state index in [9.17, 15) is 8.42 Å². The molecule has 0 aromatic carbocycles. The third-order valence-corrected chi connectivity index (χ3v) is 5.81. The molecule has 0 bridgehead atoms. The van der Waals surface area contributed by atoms with Crippen LogP contribution in [0.1, 0.15) is 12.8 Å². The van der Waals surface area contributed by atoms with Crippen molar-refractivity contribution in [2.75, 3.05) is 25.0 Å². The summed E-state index contributed by atoms with van der Waals surface area (Å²) in [5, 5.41) is 0.148. The van der Waals surface area contributed by atoms with Crippen LogP contribution in [0.5, 0.6) is 0 Å². The molecule has 9 heteroatoms. The Bertz CT molecular complexity index is 695. The molecule has 1 fully saturated rings. The molecule has 0 amide bonds. The van der Waals surface area contributed by atoms with Crippen molar-refractivity contribution in [1.29, 1.82) is 0 Å². The smallest absolute Gasteiger partial charge is 0.260 e. The molecule has 3 heterocycles. The van der Waals surface area contributed by atoms with Gasteiger partial charge >= 0.3 is 0 Å². The lowest BCUT2D eigenvalue weighted by Gasteiger charge is -2.36. The van der Waals surface area contributed by atoms with Crippen LogP contribution < -0.4 is 4.90 Å². The molecular weight excluding hydrogens is 304 g/mol. The quantitative estimate of drug-likeness (QED) is 0.880. The lowest BCUT2D eigenvalue weighted by Crippen LogP contribution is -2.45. The first-order valence-electron chi connectivity index (χ1n) is 7.06. The van der Waals surface area contributed by atoms with Crippen LogP contribution in [-0.4, -0.2) is 58.8 Å². The highest BCUT2D eigenvalue weighted by Crippen LogP contribution is 2.23. The summed E-state index contributed by atoms with van der Waals surface area (Å²) < 4.78 is 26.3.